The lowest BCUT2D eigenvalue weighted by Crippen LogP contribution is -2.35. The number of hydrogen-bond acceptors (Lipinski definition) is 10. The van der Waals surface area contributed by atoms with Crippen molar-refractivity contribution in [3.8, 4) is 28.3 Å². The number of ether oxygens (including phenoxy) is 1. The summed E-state index contributed by atoms with van der Waals surface area (Å²) in [5.41, 5.74) is 6.30. The third-order valence-corrected chi connectivity index (χ3v) is 11.5. The highest BCUT2D eigenvalue weighted by Gasteiger charge is 2.26. The van der Waals surface area contributed by atoms with Crippen LogP contribution in [0.2, 0.25) is 10.0 Å². The first-order valence-corrected chi connectivity index (χ1v) is 18.8. The summed E-state index contributed by atoms with van der Waals surface area (Å²) in [6, 6.07) is 15.6. The Kier molecular flexibility index (Phi) is 10.9. The van der Waals surface area contributed by atoms with E-state index in [9.17, 15) is 14.7 Å². The van der Waals surface area contributed by atoms with Crippen molar-refractivity contribution in [2.24, 2.45) is 5.92 Å². The number of halogens is 2. The quantitative estimate of drug-likeness (QED) is 0.0957. The number of aliphatic carboxylic acids is 1. The number of likely N-dealkylation sites (tertiary alicyclic amines) is 1. The highest BCUT2D eigenvalue weighted by Crippen LogP contribution is 2.43. The van der Waals surface area contributed by atoms with E-state index in [-0.39, 0.29) is 24.3 Å². The molecule has 2 saturated heterocycles. The topological polar surface area (TPSA) is 142 Å². The molecule has 1 amide bonds. The Balaban J connectivity index is 1.10. The Labute approximate surface area is 315 Å². The lowest BCUT2D eigenvalue weighted by atomic mass is 9.99. The molecule has 14 heteroatoms. The van der Waals surface area contributed by atoms with E-state index in [2.05, 4.69) is 25.8 Å². The maximum absolute atomic E-state index is 11.6. The zero-order chi connectivity index (χ0) is 36.4. The standard InChI is InChI=1S/C38H39Cl2N7O4S/c1-21-15-29(45-38(51-2)27(21)18-41-17-23-9-10-31(48)43-23)26-7-3-5-24(34(26)39)25-6-4-8-28(35(25)40)44-37-36-30(11-13-42-37)52-32(46-36)20-47-14-12-22(19-47)16-33(49)50/h3-8,11,13,15,22-23,41H,9-10,12,14,16-20H2,1-2H3,(H,42,44)(H,43,48)(H,49,50)/t22?,23-/m0/s1. The van der Waals surface area contributed by atoms with Gasteiger partial charge in [-0.1, -0.05) is 53.5 Å². The minimum Gasteiger partial charge on any atom is -0.481 e. The van der Waals surface area contributed by atoms with Crippen LogP contribution in [-0.4, -0.2) is 69.6 Å². The van der Waals surface area contributed by atoms with Gasteiger partial charge in [0.1, 0.15) is 10.5 Å². The van der Waals surface area contributed by atoms with Gasteiger partial charge in [0.2, 0.25) is 11.8 Å². The predicted molar refractivity (Wildman–Crippen MR) is 206 cm³/mol. The molecule has 0 radical (unpaired) electrons. The van der Waals surface area contributed by atoms with E-state index < -0.39 is 5.97 Å². The SMILES string of the molecule is COc1nc(-c2cccc(-c3cccc(Nc4nccc5sc(CN6CCC(CC(=O)O)C6)nc45)c3Cl)c2Cl)cc(C)c1CNC[C@@H]1CCC(=O)N1. The van der Waals surface area contributed by atoms with Gasteiger partial charge in [0.25, 0.3) is 0 Å². The number of carboxylic acids is 1. The Morgan fingerprint density at radius 2 is 1.88 bits per heavy atom. The first-order valence-electron chi connectivity index (χ1n) is 17.2. The van der Waals surface area contributed by atoms with E-state index in [1.54, 1.807) is 24.6 Å². The molecule has 52 heavy (non-hydrogen) atoms. The number of carboxylic acid groups (broad SMARTS) is 1. The predicted octanol–water partition coefficient (Wildman–Crippen LogP) is 7.45. The van der Waals surface area contributed by atoms with Crippen molar-refractivity contribution >= 4 is 68.1 Å². The summed E-state index contributed by atoms with van der Waals surface area (Å²) < 4.78 is 6.73. The van der Waals surface area contributed by atoms with Gasteiger partial charge in [0.15, 0.2) is 5.82 Å². The molecule has 0 aliphatic carbocycles. The third kappa shape index (κ3) is 7.86. The van der Waals surface area contributed by atoms with Crippen LogP contribution in [0.1, 0.15) is 41.8 Å². The summed E-state index contributed by atoms with van der Waals surface area (Å²) >= 11 is 15.9. The van der Waals surface area contributed by atoms with Crippen molar-refractivity contribution < 1.29 is 19.4 Å². The zero-order valence-electron chi connectivity index (χ0n) is 28.8. The fourth-order valence-electron chi connectivity index (χ4n) is 7.02. The Hall–Kier alpha value is -4.33. The van der Waals surface area contributed by atoms with Crippen molar-refractivity contribution in [1.29, 1.82) is 0 Å². The number of hydrogen-bond donors (Lipinski definition) is 4. The molecule has 11 nitrogen and oxygen atoms in total. The summed E-state index contributed by atoms with van der Waals surface area (Å²) in [5.74, 6) is 0.628. The van der Waals surface area contributed by atoms with Gasteiger partial charge in [-0.2, -0.15) is 0 Å². The van der Waals surface area contributed by atoms with Crippen LogP contribution in [0.3, 0.4) is 0 Å². The molecule has 2 fully saturated rings. The lowest BCUT2D eigenvalue weighted by Gasteiger charge is -2.17. The molecule has 5 aromatic rings. The summed E-state index contributed by atoms with van der Waals surface area (Å²) in [4.78, 5) is 39.4. The van der Waals surface area contributed by atoms with Crippen molar-refractivity contribution in [1.82, 2.24) is 30.5 Å². The molecule has 0 bridgehead atoms. The molecule has 2 aliphatic heterocycles. The Morgan fingerprint density at radius 1 is 1.10 bits per heavy atom. The minimum absolute atomic E-state index is 0.0965. The molecule has 4 N–H and O–H groups in total. The summed E-state index contributed by atoms with van der Waals surface area (Å²) in [6.45, 7) is 5.53. The van der Waals surface area contributed by atoms with E-state index in [4.69, 9.17) is 37.9 Å². The maximum atomic E-state index is 11.6. The number of nitrogens with one attached hydrogen (secondary N) is 3. The second-order valence-electron chi connectivity index (χ2n) is 13.3. The molecular formula is C38H39Cl2N7O4S. The van der Waals surface area contributed by atoms with E-state index in [1.165, 1.54) is 0 Å². The van der Waals surface area contributed by atoms with Gasteiger partial charge >= 0.3 is 5.97 Å². The van der Waals surface area contributed by atoms with Gasteiger partial charge in [0.05, 0.1) is 39.8 Å². The normalized spacial score (nSPS) is 17.5. The van der Waals surface area contributed by atoms with Crippen LogP contribution in [0.25, 0.3) is 32.6 Å². The number of carbonyl (C=O) groups excluding carboxylic acids is 1. The van der Waals surface area contributed by atoms with Gasteiger partial charge in [-0.25, -0.2) is 15.0 Å². The zero-order valence-corrected chi connectivity index (χ0v) is 31.2. The number of carbonyl (C=O) groups is 2. The number of amides is 1. The fraction of sp³-hybridized carbons (Fsp3) is 0.342. The minimum atomic E-state index is -0.748. The number of nitrogens with zero attached hydrogens (tertiary/aromatic N) is 4. The number of pyridine rings is 2. The first kappa shape index (κ1) is 36.0. The third-order valence-electron chi connectivity index (χ3n) is 9.64. The monoisotopic (exact) mass is 759 g/mol. The molecule has 7 rings (SSSR count). The fourth-order valence-corrected chi connectivity index (χ4v) is 8.62. The van der Waals surface area contributed by atoms with E-state index in [1.807, 2.05) is 55.5 Å². The summed E-state index contributed by atoms with van der Waals surface area (Å²) in [6.07, 6.45) is 4.23. The lowest BCUT2D eigenvalue weighted by molar-refractivity contribution is -0.138. The van der Waals surface area contributed by atoms with E-state index >= 15 is 0 Å². The average Bonchev–Trinajstić information content (AvgIpc) is 3.86. The number of methoxy groups -OCH3 is 1. The first-order chi connectivity index (χ1) is 25.2. The van der Waals surface area contributed by atoms with Crippen LogP contribution < -0.4 is 20.7 Å². The largest absolute Gasteiger partial charge is 0.481 e. The molecule has 2 atom stereocenters. The van der Waals surface area contributed by atoms with Gasteiger partial charge < -0.3 is 25.8 Å². The van der Waals surface area contributed by atoms with Gasteiger partial charge in [-0.05, 0) is 56.0 Å². The molecule has 0 spiro atoms. The smallest absolute Gasteiger partial charge is 0.303 e. The van der Waals surface area contributed by atoms with Crippen LogP contribution in [0.4, 0.5) is 11.5 Å². The summed E-state index contributed by atoms with van der Waals surface area (Å²) in [5, 5.41) is 21.0. The second-order valence-corrected chi connectivity index (χ2v) is 15.2. The number of anilines is 2. The van der Waals surface area contributed by atoms with Crippen molar-refractivity contribution in [2.45, 2.75) is 51.7 Å². The number of thiazole rings is 1. The molecule has 1 unspecified atom stereocenters. The maximum Gasteiger partial charge on any atom is 0.303 e. The van der Waals surface area contributed by atoms with Crippen molar-refractivity contribution in [3.63, 3.8) is 0 Å². The molecule has 3 aromatic heterocycles. The molecule has 2 aromatic carbocycles. The second kappa shape index (κ2) is 15.7. The highest BCUT2D eigenvalue weighted by molar-refractivity contribution is 7.18. The van der Waals surface area contributed by atoms with Crippen molar-refractivity contribution in [3.05, 3.63) is 80.9 Å². The van der Waals surface area contributed by atoms with Crippen LogP contribution in [0.15, 0.2) is 54.7 Å². The molecular weight excluding hydrogens is 721 g/mol. The molecule has 2 aliphatic rings. The van der Waals surface area contributed by atoms with Crippen LogP contribution in [0.5, 0.6) is 5.88 Å². The van der Waals surface area contributed by atoms with Crippen molar-refractivity contribution in [2.75, 3.05) is 32.1 Å². The highest BCUT2D eigenvalue weighted by atomic mass is 35.5. The van der Waals surface area contributed by atoms with Gasteiger partial charge in [-0.3, -0.25) is 14.5 Å². The number of aryl methyl sites for hydroxylation is 1. The van der Waals surface area contributed by atoms with Gasteiger partial charge in [0, 0.05) is 67.0 Å². The number of aromatic nitrogens is 3. The Morgan fingerprint density at radius 3 is 2.65 bits per heavy atom. The molecule has 0 saturated carbocycles. The molecule has 270 valence electrons. The van der Waals surface area contributed by atoms with Gasteiger partial charge in [-0.15, -0.1) is 11.3 Å². The van der Waals surface area contributed by atoms with E-state index in [0.717, 1.165) is 69.0 Å². The Bertz CT molecular complexity index is 2140. The number of benzene rings is 2. The number of rotatable bonds is 13. The van der Waals surface area contributed by atoms with Crippen LogP contribution in [-0.2, 0) is 22.7 Å². The number of fused-ring (bicyclic) bond motifs is 1. The summed E-state index contributed by atoms with van der Waals surface area (Å²) in [7, 11) is 1.61. The van der Waals surface area contributed by atoms with E-state index in [0.29, 0.717) is 59.2 Å². The molecule has 5 heterocycles. The van der Waals surface area contributed by atoms with Crippen LogP contribution in [0, 0.1) is 12.8 Å². The van der Waals surface area contributed by atoms with Crippen LogP contribution >= 0.6 is 34.5 Å². The average molecular weight is 761 g/mol.